The Labute approximate surface area is 137 Å². The Bertz CT molecular complexity index is 637. The molecule has 1 aromatic heterocycles. The Hall–Kier alpha value is -0.910. The monoisotopic (exact) mass is 344 g/mol. The van der Waals surface area contributed by atoms with Gasteiger partial charge in [-0.25, -0.2) is 9.97 Å². The van der Waals surface area contributed by atoms with Crippen LogP contribution in [0.1, 0.15) is 11.9 Å². The molecule has 4 nitrogen and oxygen atoms in total. The van der Waals surface area contributed by atoms with Gasteiger partial charge in [0.05, 0.1) is 25.4 Å². The normalized spacial score (nSPS) is 18.7. The SMILES string of the molecule is Clc1cccc(-c2c(Cl)nc(C3COCCO3)nc2Cl)c1. The fraction of sp³-hybridized carbons (Fsp3) is 0.286. The second kappa shape index (κ2) is 6.46. The molecule has 1 fully saturated rings. The molecule has 110 valence electrons. The highest BCUT2D eigenvalue weighted by Crippen LogP contribution is 2.34. The Balaban J connectivity index is 2.00. The molecule has 0 amide bonds. The largest absolute Gasteiger partial charge is 0.376 e. The number of hydrogen-bond donors (Lipinski definition) is 0. The maximum Gasteiger partial charge on any atom is 0.162 e. The van der Waals surface area contributed by atoms with E-state index in [0.29, 0.717) is 36.2 Å². The van der Waals surface area contributed by atoms with E-state index in [9.17, 15) is 0 Å². The number of aromatic nitrogens is 2. The van der Waals surface area contributed by atoms with E-state index in [0.717, 1.165) is 5.56 Å². The van der Waals surface area contributed by atoms with Crippen molar-refractivity contribution in [2.75, 3.05) is 19.8 Å². The summed E-state index contributed by atoms with van der Waals surface area (Å²) in [5.41, 5.74) is 1.33. The fourth-order valence-corrected chi connectivity index (χ4v) is 2.90. The van der Waals surface area contributed by atoms with Crippen molar-refractivity contribution in [1.29, 1.82) is 0 Å². The van der Waals surface area contributed by atoms with Crippen molar-refractivity contribution < 1.29 is 9.47 Å². The maximum atomic E-state index is 6.27. The van der Waals surface area contributed by atoms with E-state index in [4.69, 9.17) is 44.3 Å². The molecule has 1 atom stereocenters. The third-order valence-electron chi connectivity index (χ3n) is 3.06. The summed E-state index contributed by atoms with van der Waals surface area (Å²) in [5.74, 6) is 0.426. The molecule has 0 aliphatic carbocycles. The summed E-state index contributed by atoms with van der Waals surface area (Å²) >= 11 is 18.5. The summed E-state index contributed by atoms with van der Waals surface area (Å²) in [6.07, 6.45) is -0.345. The number of halogens is 3. The lowest BCUT2D eigenvalue weighted by Crippen LogP contribution is -2.23. The molecule has 21 heavy (non-hydrogen) atoms. The summed E-state index contributed by atoms with van der Waals surface area (Å²) in [5, 5.41) is 1.12. The van der Waals surface area contributed by atoms with E-state index in [1.165, 1.54) is 0 Å². The molecule has 1 unspecified atom stereocenters. The maximum absolute atomic E-state index is 6.27. The van der Waals surface area contributed by atoms with Crippen LogP contribution in [0.3, 0.4) is 0 Å². The highest BCUT2D eigenvalue weighted by Gasteiger charge is 2.23. The third-order valence-corrected chi connectivity index (χ3v) is 3.84. The Morgan fingerprint density at radius 2 is 1.81 bits per heavy atom. The van der Waals surface area contributed by atoms with Gasteiger partial charge in [-0.1, -0.05) is 46.9 Å². The van der Waals surface area contributed by atoms with Gasteiger partial charge in [-0.05, 0) is 17.7 Å². The van der Waals surface area contributed by atoms with E-state index in [1.807, 2.05) is 12.1 Å². The van der Waals surface area contributed by atoms with E-state index in [1.54, 1.807) is 12.1 Å². The molecule has 0 spiro atoms. The summed E-state index contributed by atoms with van der Waals surface area (Å²) in [6, 6.07) is 7.20. The topological polar surface area (TPSA) is 44.2 Å². The van der Waals surface area contributed by atoms with Gasteiger partial charge >= 0.3 is 0 Å². The molecule has 2 heterocycles. The van der Waals surface area contributed by atoms with E-state index >= 15 is 0 Å². The predicted octanol–water partition coefficient (Wildman–Crippen LogP) is 4.19. The number of hydrogen-bond acceptors (Lipinski definition) is 4. The number of rotatable bonds is 2. The predicted molar refractivity (Wildman–Crippen MR) is 82.0 cm³/mol. The van der Waals surface area contributed by atoms with Crippen LogP contribution in [0.5, 0.6) is 0 Å². The second-order valence-corrected chi connectivity index (χ2v) is 5.64. The number of ether oxygens (including phenoxy) is 2. The quantitative estimate of drug-likeness (QED) is 0.766. The zero-order chi connectivity index (χ0) is 14.8. The molecular weight excluding hydrogens is 335 g/mol. The second-order valence-electron chi connectivity index (χ2n) is 4.48. The van der Waals surface area contributed by atoms with Gasteiger partial charge in [-0.2, -0.15) is 0 Å². The van der Waals surface area contributed by atoms with E-state index in [-0.39, 0.29) is 16.4 Å². The van der Waals surface area contributed by atoms with Crippen molar-refractivity contribution in [1.82, 2.24) is 9.97 Å². The van der Waals surface area contributed by atoms with Crippen LogP contribution in [0.2, 0.25) is 15.3 Å². The minimum atomic E-state index is -0.345. The smallest absolute Gasteiger partial charge is 0.162 e. The highest BCUT2D eigenvalue weighted by atomic mass is 35.5. The van der Waals surface area contributed by atoms with Crippen LogP contribution < -0.4 is 0 Å². The Kier molecular flexibility index (Phi) is 4.62. The third kappa shape index (κ3) is 3.30. The molecule has 1 aliphatic heterocycles. The van der Waals surface area contributed by atoms with Gasteiger partial charge in [0.25, 0.3) is 0 Å². The van der Waals surface area contributed by atoms with Crippen molar-refractivity contribution in [3.63, 3.8) is 0 Å². The highest BCUT2D eigenvalue weighted by molar-refractivity contribution is 6.38. The molecule has 0 N–H and O–H groups in total. The van der Waals surface area contributed by atoms with Gasteiger partial charge in [0.15, 0.2) is 5.82 Å². The first kappa shape index (κ1) is 15.0. The van der Waals surface area contributed by atoms with Crippen molar-refractivity contribution in [3.8, 4) is 11.1 Å². The first-order valence-electron chi connectivity index (χ1n) is 6.33. The molecule has 0 radical (unpaired) electrons. The Morgan fingerprint density at radius 1 is 1.05 bits per heavy atom. The minimum Gasteiger partial charge on any atom is -0.376 e. The van der Waals surface area contributed by atoms with Crippen LogP contribution in [-0.2, 0) is 9.47 Å². The first-order valence-corrected chi connectivity index (χ1v) is 7.47. The number of benzene rings is 1. The van der Waals surface area contributed by atoms with Crippen molar-refractivity contribution in [3.05, 3.63) is 45.4 Å². The van der Waals surface area contributed by atoms with Crippen LogP contribution in [0.4, 0.5) is 0 Å². The molecule has 7 heteroatoms. The summed E-state index contributed by atoms with van der Waals surface area (Å²) in [6.45, 7) is 1.46. The van der Waals surface area contributed by atoms with Gasteiger partial charge in [0.1, 0.15) is 16.4 Å². The van der Waals surface area contributed by atoms with Crippen molar-refractivity contribution in [2.24, 2.45) is 0 Å². The molecule has 1 aliphatic rings. The lowest BCUT2D eigenvalue weighted by Gasteiger charge is -2.22. The Morgan fingerprint density at radius 3 is 2.43 bits per heavy atom. The average Bonchev–Trinajstić information content (AvgIpc) is 2.47. The zero-order valence-electron chi connectivity index (χ0n) is 10.9. The standard InChI is InChI=1S/C14H11Cl3N2O2/c15-9-3-1-2-8(6-9)11-12(16)18-14(19-13(11)17)10-7-20-4-5-21-10/h1-3,6,10H,4-5,7H2. The molecular formula is C14H11Cl3N2O2. The van der Waals surface area contributed by atoms with Crippen LogP contribution in [-0.4, -0.2) is 29.8 Å². The van der Waals surface area contributed by atoms with Gasteiger partial charge in [-0.3, -0.25) is 0 Å². The van der Waals surface area contributed by atoms with Crippen LogP contribution in [0, 0.1) is 0 Å². The molecule has 1 saturated heterocycles. The van der Waals surface area contributed by atoms with Gasteiger partial charge in [0, 0.05) is 5.02 Å². The number of nitrogens with zero attached hydrogens (tertiary/aromatic N) is 2. The molecule has 0 saturated carbocycles. The lowest BCUT2D eigenvalue weighted by atomic mass is 10.1. The molecule has 2 aromatic rings. The van der Waals surface area contributed by atoms with Crippen LogP contribution >= 0.6 is 34.8 Å². The molecule has 0 bridgehead atoms. The van der Waals surface area contributed by atoms with Crippen LogP contribution in [0.15, 0.2) is 24.3 Å². The van der Waals surface area contributed by atoms with Crippen molar-refractivity contribution in [2.45, 2.75) is 6.10 Å². The minimum absolute atomic E-state index is 0.265. The van der Waals surface area contributed by atoms with Gasteiger partial charge in [-0.15, -0.1) is 0 Å². The molecule has 3 rings (SSSR count). The summed E-state index contributed by atoms with van der Waals surface area (Å²) in [7, 11) is 0. The molecule has 1 aromatic carbocycles. The zero-order valence-corrected chi connectivity index (χ0v) is 13.1. The lowest BCUT2D eigenvalue weighted by molar-refractivity contribution is -0.0935. The van der Waals surface area contributed by atoms with E-state index < -0.39 is 0 Å². The average molecular weight is 346 g/mol. The summed E-state index contributed by atoms with van der Waals surface area (Å²) < 4.78 is 10.9. The first-order chi connectivity index (χ1) is 10.1. The van der Waals surface area contributed by atoms with Crippen molar-refractivity contribution >= 4 is 34.8 Å². The van der Waals surface area contributed by atoms with Gasteiger partial charge < -0.3 is 9.47 Å². The van der Waals surface area contributed by atoms with Gasteiger partial charge in [0.2, 0.25) is 0 Å². The summed E-state index contributed by atoms with van der Waals surface area (Å²) in [4.78, 5) is 8.57. The van der Waals surface area contributed by atoms with E-state index in [2.05, 4.69) is 9.97 Å². The fourth-order valence-electron chi connectivity index (χ4n) is 2.09. The van der Waals surface area contributed by atoms with Crippen LogP contribution in [0.25, 0.3) is 11.1 Å².